The van der Waals surface area contributed by atoms with Crippen molar-refractivity contribution >= 4 is 17.3 Å². The molecule has 2 aromatic carbocycles. The molecule has 0 atom stereocenters. The molecule has 0 saturated carbocycles. The van der Waals surface area contributed by atoms with Gasteiger partial charge in [-0.3, -0.25) is 14.9 Å². The minimum absolute atomic E-state index is 0.0670. The summed E-state index contributed by atoms with van der Waals surface area (Å²) in [4.78, 5) is 22.2. The number of nitro groups is 1. The standard InChI is InChI=1S/C15H14N2O5/c1-21-13-8-5-11(9-14(13)22-2)16-15(18)10-3-6-12(7-4-10)17(19)20/h3-9H,1-2H3,(H,16,18). The predicted octanol–water partition coefficient (Wildman–Crippen LogP) is 2.86. The van der Waals surface area contributed by atoms with Crippen LogP contribution in [0.4, 0.5) is 11.4 Å². The second-order valence-electron chi connectivity index (χ2n) is 4.33. The molecule has 0 fully saturated rings. The summed E-state index contributed by atoms with van der Waals surface area (Å²) < 4.78 is 10.3. The Morgan fingerprint density at radius 1 is 1.05 bits per heavy atom. The van der Waals surface area contributed by atoms with E-state index in [-0.39, 0.29) is 11.6 Å². The van der Waals surface area contributed by atoms with Gasteiger partial charge in [-0.15, -0.1) is 0 Å². The number of carbonyl (C=O) groups excluding carboxylic acids is 1. The first-order valence-corrected chi connectivity index (χ1v) is 6.33. The number of hydrogen-bond acceptors (Lipinski definition) is 5. The zero-order valence-corrected chi connectivity index (χ0v) is 12.0. The minimum atomic E-state index is -0.518. The first kappa shape index (κ1) is 15.3. The van der Waals surface area contributed by atoms with Crippen LogP contribution in [0.1, 0.15) is 10.4 Å². The number of methoxy groups -OCH3 is 2. The van der Waals surface area contributed by atoms with E-state index in [0.717, 1.165) is 0 Å². The first-order chi connectivity index (χ1) is 10.5. The van der Waals surface area contributed by atoms with Crippen molar-refractivity contribution in [1.29, 1.82) is 0 Å². The maximum Gasteiger partial charge on any atom is 0.269 e. The zero-order chi connectivity index (χ0) is 16.1. The molecule has 0 unspecified atom stereocenters. The van der Waals surface area contributed by atoms with Crippen LogP contribution < -0.4 is 14.8 Å². The number of nitrogens with zero attached hydrogens (tertiary/aromatic N) is 1. The molecule has 0 radical (unpaired) electrons. The summed E-state index contributed by atoms with van der Waals surface area (Å²) >= 11 is 0. The maximum absolute atomic E-state index is 12.1. The van der Waals surface area contributed by atoms with Gasteiger partial charge in [0, 0.05) is 29.4 Å². The van der Waals surface area contributed by atoms with Crippen molar-refractivity contribution in [3.8, 4) is 11.5 Å². The first-order valence-electron chi connectivity index (χ1n) is 6.33. The van der Waals surface area contributed by atoms with Crippen LogP contribution in [-0.2, 0) is 0 Å². The SMILES string of the molecule is COc1ccc(NC(=O)c2ccc([N+](=O)[O-])cc2)cc1OC. The largest absolute Gasteiger partial charge is 0.493 e. The number of nitro benzene ring substituents is 1. The summed E-state index contributed by atoms with van der Waals surface area (Å²) in [7, 11) is 3.02. The monoisotopic (exact) mass is 302 g/mol. The van der Waals surface area contributed by atoms with Gasteiger partial charge in [0.1, 0.15) is 0 Å². The lowest BCUT2D eigenvalue weighted by molar-refractivity contribution is -0.384. The van der Waals surface area contributed by atoms with Gasteiger partial charge in [0.15, 0.2) is 11.5 Å². The van der Waals surface area contributed by atoms with E-state index in [4.69, 9.17) is 9.47 Å². The minimum Gasteiger partial charge on any atom is -0.493 e. The van der Waals surface area contributed by atoms with E-state index in [1.54, 1.807) is 18.2 Å². The molecular weight excluding hydrogens is 288 g/mol. The summed E-state index contributed by atoms with van der Waals surface area (Å²) in [5, 5.41) is 13.3. The highest BCUT2D eigenvalue weighted by molar-refractivity contribution is 6.04. The molecule has 2 rings (SSSR count). The molecule has 0 spiro atoms. The van der Waals surface area contributed by atoms with Crippen LogP contribution in [0.3, 0.4) is 0 Å². The number of non-ortho nitro benzene ring substituents is 1. The molecule has 0 aliphatic carbocycles. The van der Waals surface area contributed by atoms with Gasteiger partial charge in [-0.25, -0.2) is 0 Å². The van der Waals surface area contributed by atoms with Crippen LogP contribution >= 0.6 is 0 Å². The van der Waals surface area contributed by atoms with Gasteiger partial charge in [0.2, 0.25) is 0 Å². The Morgan fingerprint density at radius 2 is 1.68 bits per heavy atom. The second kappa shape index (κ2) is 6.57. The van der Waals surface area contributed by atoms with Crippen molar-refractivity contribution < 1.29 is 19.2 Å². The Balaban J connectivity index is 2.16. The summed E-state index contributed by atoms with van der Waals surface area (Å²) in [5.74, 6) is 0.668. The Hall–Kier alpha value is -3.09. The summed E-state index contributed by atoms with van der Waals surface area (Å²) in [5.41, 5.74) is 0.782. The number of amides is 1. The molecule has 2 aromatic rings. The van der Waals surface area contributed by atoms with Crippen molar-refractivity contribution in [2.75, 3.05) is 19.5 Å². The van der Waals surface area contributed by atoms with Crippen molar-refractivity contribution in [2.45, 2.75) is 0 Å². The van der Waals surface area contributed by atoms with E-state index in [2.05, 4.69) is 5.32 Å². The van der Waals surface area contributed by atoms with Gasteiger partial charge >= 0.3 is 0 Å². The van der Waals surface area contributed by atoms with E-state index in [0.29, 0.717) is 22.7 Å². The molecule has 7 heteroatoms. The highest BCUT2D eigenvalue weighted by atomic mass is 16.6. The van der Waals surface area contributed by atoms with Gasteiger partial charge in [0.05, 0.1) is 19.1 Å². The molecule has 22 heavy (non-hydrogen) atoms. The highest BCUT2D eigenvalue weighted by Gasteiger charge is 2.11. The third-order valence-corrected chi connectivity index (χ3v) is 2.98. The molecule has 1 amide bonds. The van der Waals surface area contributed by atoms with Gasteiger partial charge in [0.25, 0.3) is 11.6 Å². The van der Waals surface area contributed by atoms with E-state index < -0.39 is 4.92 Å². The van der Waals surface area contributed by atoms with Crippen molar-refractivity contribution in [3.05, 3.63) is 58.1 Å². The van der Waals surface area contributed by atoms with E-state index in [1.807, 2.05) is 0 Å². The Morgan fingerprint density at radius 3 is 2.23 bits per heavy atom. The fourth-order valence-electron chi connectivity index (χ4n) is 1.85. The number of carbonyl (C=O) groups is 1. The average Bonchev–Trinajstić information content (AvgIpc) is 2.54. The average molecular weight is 302 g/mol. The van der Waals surface area contributed by atoms with E-state index in [1.165, 1.54) is 38.5 Å². The number of ether oxygens (including phenoxy) is 2. The fraction of sp³-hybridized carbons (Fsp3) is 0.133. The molecule has 0 aliphatic heterocycles. The lowest BCUT2D eigenvalue weighted by Gasteiger charge is -2.10. The second-order valence-corrected chi connectivity index (χ2v) is 4.33. The van der Waals surface area contributed by atoms with Gasteiger partial charge < -0.3 is 14.8 Å². The number of anilines is 1. The normalized spacial score (nSPS) is 9.91. The predicted molar refractivity (Wildman–Crippen MR) is 80.6 cm³/mol. The number of hydrogen-bond donors (Lipinski definition) is 1. The van der Waals surface area contributed by atoms with Gasteiger partial charge in [-0.1, -0.05) is 0 Å². The molecule has 0 heterocycles. The van der Waals surface area contributed by atoms with E-state index >= 15 is 0 Å². The molecule has 7 nitrogen and oxygen atoms in total. The Kier molecular flexibility index (Phi) is 4.57. The van der Waals surface area contributed by atoms with Gasteiger partial charge in [-0.05, 0) is 24.3 Å². The van der Waals surface area contributed by atoms with Crippen LogP contribution in [0.2, 0.25) is 0 Å². The summed E-state index contributed by atoms with van der Waals surface area (Å²) in [6, 6.07) is 10.3. The number of rotatable bonds is 5. The molecule has 0 aromatic heterocycles. The van der Waals surface area contributed by atoms with Crippen molar-refractivity contribution in [2.24, 2.45) is 0 Å². The third-order valence-electron chi connectivity index (χ3n) is 2.98. The highest BCUT2D eigenvalue weighted by Crippen LogP contribution is 2.29. The summed E-state index contributed by atoms with van der Waals surface area (Å²) in [6.07, 6.45) is 0. The quantitative estimate of drug-likeness (QED) is 0.677. The smallest absolute Gasteiger partial charge is 0.269 e. The number of nitrogens with one attached hydrogen (secondary N) is 1. The third kappa shape index (κ3) is 3.32. The van der Waals surface area contributed by atoms with Crippen LogP contribution in [0.5, 0.6) is 11.5 Å². The van der Waals surface area contributed by atoms with Crippen LogP contribution in [0.15, 0.2) is 42.5 Å². The lowest BCUT2D eigenvalue weighted by atomic mass is 10.2. The van der Waals surface area contributed by atoms with Crippen LogP contribution in [0, 0.1) is 10.1 Å². The Labute approximate surface area is 126 Å². The van der Waals surface area contributed by atoms with E-state index in [9.17, 15) is 14.9 Å². The molecule has 0 saturated heterocycles. The van der Waals surface area contributed by atoms with Crippen molar-refractivity contribution in [3.63, 3.8) is 0 Å². The van der Waals surface area contributed by atoms with Crippen LogP contribution in [-0.4, -0.2) is 25.1 Å². The maximum atomic E-state index is 12.1. The van der Waals surface area contributed by atoms with Crippen molar-refractivity contribution in [1.82, 2.24) is 0 Å². The molecular formula is C15H14N2O5. The number of benzene rings is 2. The Bertz CT molecular complexity index is 698. The van der Waals surface area contributed by atoms with Gasteiger partial charge in [-0.2, -0.15) is 0 Å². The van der Waals surface area contributed by atoms with Crippen LogP contribution in [0.25, 0.3) is 0 Å². The topological polar surface area (TPSA) is 90.7 Å². The molecule has 0 aliphatic rings. The summed E-state index contributed by atoms with van der Waals surface area (Å²) in [6.45, 7) is 0. The zero-order valence-electron chi connectivity index (χ0n) is 12.0. The molecule has 0 bridgehead atoms. The fourth-order valence-corrected chi connectivity index (χ4v) is 1.85. The molecule has 114 valence electrons. The lowest BCUT2D eigenvalue weighted by Crippen LogP contribution is -2.11. The molecule has 1 N–H and O–H groups in total.